The quantitative estimate of drug-likeness (QED) is 0.440. The lowest BCUT2D eigenvalue weighted by molar-refractivity contribution is -0.130. The molecule has 60 valence electrons. The second-order valence-corrected chi connectivity index (χ2v) is 2.30. The number of carbonyl (C=O) groups is 1. The minimum Gasteiger partial charge on any atom is -0.384 e. The molecule has 0 saturated carbocycles. The molecule has 0 aliphatic rings. The van der Waals surface area contributed by atoms with Crippen LogP contribution in [0.5, 0.6) is 0 Å². The Hall–Kier alpha value is -0.610. The Morgan fingerprint density at radius 3 is 2.80 bits per heavy atom. The molecule has 2 N–H and O–H groups in total. The summed E-state index contributed by atoms with van der Waals surface area (Å²) in [6.45, 7) is 2.41. The Balaban J connectivity index is 3.37. The molecule has 0 rings (SSSR count). The summed E-state index contributed by atoms with van der Waals surface area (Å²) >= 11 is 0. The fourth-order valence-electron chi connectivity index (χ4n) is 0.706. The van der Waals surface area contributed by atoms with Crippen LogP contribution in [0.15, 0.2) is 0 Å². The van der Waals surface area contributed by atoms with Crippen molar-refractivity contribution in [3.05, 3.63) is 0 Å². The minimum atomic E-state index is -0.371. The third kappa shape index (κ3) is 4.29. The van der Waals surface area contributed by atoms with E-state index in [0.717, 1.165) is 0 Å². The number of carbonyl (C=O) groups excluding carboxylic acids is 1. The third-order valence-electron chi connectivity index (χ3n) is 1.11. The third-order valence-corrected chi connectivity index (χ3v) is 1.11. The van der Waals surface area contributed by atoms with Gasteiger partial charge in [0, 0.05) is 20.1 Å². The Bertz CT molecular complexity index is 105. The summed E-state index contributed by atoms with van der Waals surface area (Å²) in [6, 6.07) is 0. The van der Waals surface area contributed by atoms with Crippen LogP contribution in [-0.4, -0.2) is 24.8 Å². The van der Waals surface area contributed by atoms with E-state index >= 15 is 0 Å². The van der Waals surface area contributed by atoms with Crippen molar-refractivity contribution < 1.29 is 14.7 Å². The topological polar surface area (TPSA) is 58.6 Å². The van der Waals surface area contributed by atoms with Crippen LogP contribution in [0.4, 0.5) is 0 Å². The molecule has 0 aliphatic heterocycles. The van der Waals surface area contributed by atoms with Gasteiger partial charge in [0.05, 0.1) is 0 Å². The maximum absolute atomic E-state index is 10.5. The summed E-state index contributed by atoms with van der Waals surface area (Å²) in [5.74, 6) is -0.221. The molecule has 0 heterocycles. The second-order valence-electron chi connectivity index (χ2n) is 2.30. The summed E-state index contributed by atoms with van der Waals surface area (Å²) in [7, 11) is 1.58. The number of ether oxygens (including phenoxy) is 1. The maximum atomic E-state index is 10.5. The van der Waals surface area contributed by atoms with Crippen molar-refractivity contribution >= 4 is 5.91 Å². The van der Waals surface area contributed by atoms with Crippen LogP contribution in [0.2, 0.25) is 0 Å². The number of amides is 1. The highest BCUT2D eigenvalue weighted by molar-refractivity contribution is 5.74. The Morgan fingerprint density at radius 1 is 1.80 bits per heavy atom. The molecule has 4 heteroatoms. The lowest BCUT2D eigenvalue weighted by Crippen LogP contribution is -2.22. The van der Waals surface area contributed by atoms with Crippen molar-refractivity contribution in [2.75, 3.05) is 13.7 Å². The lowest BCUT2D eigenvalue weighted by atomic mass is 10.1. The van der Waals surface area contributed by atoms with Crippen LogP contribution in [0.25, 0.3) is 0 Å². The molecule has 0 aromatic heterocycles. The summed E-state index contributed by atoms with van der Waals surface area (Å²) in [4.78, 5) is 10.5. The molecule has 10 heavy (non-hydrogen) atoms. The molecular weight excluding hydrogens is 134 g/mol. The fraction of sp³-hybridized carbons (Fsp3) is 0.833. The van der Waals surface area contributed by atoms with E-state index in [4.69, 9.17) is 9.94 Å². The van der Waals surface area contributed by atoms with Gasteiger partial charge >= 0.3 is 0 Å². The first-order valence-corrected chi connectivity index (χ1v) is 3.12. The van der Waals surface area contributed by atoms with Gasteiger partial charge in [0.2, 0.25) is 5.91 Å². The first kappa shape index (κ1) is 9.39. The molecule has 0 bridgehead atoms. The summed E-state index contributed by atoms with van der Waals surface area (Å²) in [5.41, 5.74) is 1.56. The molecule has 4 nitrogen and oxygen atoms in total. The predicted molar refractivity (Wildman–Crippen MR) is 35.6 cm³/mol. The zero-order chi connectivity index (χ0) is 7.98. The summed E-state index contributed by atoms with van der Waals surface area (Å²) < 4.78 is 4.79. The number of hydrogen-bond acceptors (Lipinski definition) is 3. The van der Waals surface area contributed by atoms with Gasteiger partial charge in [0.25, 0.3) is 0 Å². The van der Waals surface area contributed by atoms with Crippen molar-refractivity contribution in [3.63, 3.8) is 0 Å². The zero-order valence-electron chi connectivity index (χ0n) is 6.26. The van der Waals surface area contributed by atoms with Crippen molar-refractivity contribution in [3.8, 4) is 0 Å². The molecule has 0 spiro atoms. The molecule has 0 saturated heterocycles. The molecule has 0 radical (unpaired) electrons. The standard InChI is InChI=1S/C6H13NO3/c1-5(4-10-2)3-6(8)7-9/h5,9H,3-4H2,1-2H3,(H,7,8). The van der Waals surface area contributed by atoms with E-state index in [-0.39, 0.29) is 11.8 Å². The van der Waals surface area contributed by atoms with Gasteiger partial charge in [-0.2, -0.15) is 0 Å². The highest BCUT2D eigenvalue weighted by atomic mass is 16.5. The SMILES string of the molecule is COCC(C)CC(=O)NO. The number of methoxy groups -OCH3 is 1. The van der Waals surface area contributed by atoms with Gasteiger partial charge in [0.1, 0.15) is 0 Å². The smallest absolute Gasteiger partial charge is 0.243 e. The first-order chi connectivity index (χ1) is 4.70. The van der Waals surface area contributed by atoms with E-state index in [1.165, 1.54) is 0 Å². The summed E-state index contributed by atoms with van der Waals surface area (Å²) in [6.07, 6.45) is 0.296. The van der Waals surface area contributed by atoms with Crippen LogP contribution in [0.3, 0.4) is 0 Å². The van der Waals surface area contributed by atoms with Crippen molar-refractivity contribution in [1.29, 1.82) is 0 Å². The van der Waals surface area contributed by atoms with Gasteiger partial charge in [-0.05, 0) is 5.92 Å². The minimum absolute atomic E-state index is 0.150. The van der Waals surface area contributed by atoms with E-state index in [1.54, 1.807) is 12.6 Å². The van der Waals surface area contributed by atoms with Crippen LogP contribution < -0.4 is 5.48 Å². The van der Waals surface area contributed by atoms with Gasteiger partial charge in [-0.15, -0.1) is 0 Å². The first-order valence-electron chi connectivity index (χ1n) is 3.12. The molecule has 1 amide bonds. The van der Waals surface area contributed by atoms with Crippen LogP contribution in [-0.2, 0) is 9.53 Å². The van der Waals surface area contributed by atoms with Crippen molar-refractivity contribution in [1.82, 2.24) is 5.48 Å². The maximum Gasteiger partial charge on any atom is 0.243 e. The lowest BCUT2D eigenvalue weighted by Gasteiger charge is -2.06. The second kappa shape index (κ2) is 5.20. The van der Waals surface area contributed by atoms with Gasteiger partial charge in [-0.3, -0.25) is 10.0 Å². The Morgan fingerprint density at radius 2 is 2.40 bits per heavy atom. The van der Waals surface area contributed by atoms with Crippen molar-refractivity contribution in [2.45, 2.75) is 13.3 Å². The average Bonchev–Trinajstić information content (AvgIpc) is 1.88. The van der Waals surface area contributed by atoms with E-state index in [0.29, 0.717) is 13.0 Å². The fourth-order valence-corrected chi connectivity index (χ4v) is 0.706. The van der Waals surface area contributed by atoms with Crippen LogP contribution in [0.1, 0.15) is 13.3 Å². The predicted octanol–water partition coefficient (Wildman–Crippen LogP) is 0.164. The zero-order valence-corrected chi connectivity index (χ0v) is 6.26. The number of rotatable bonds is 4. The van der Waals surface area contributed by atoms with Crippen LogP contribution in [0, 0.1) is 5.92 Å². The number of hydrogen-bond donors (Lipinski definition) is 2. The van der Waals surface area contributed by atoms with Crippen molar-refractivity contribution in [2.24, 2.45) is 5.92 Å². The van der Waals surface area contributed by atoms with E-state index in [9.17, 15) is 4.79 Å². The van der Waals surface area contributed by atoms with E-state index in [2.05, 4.69) is 0 Å². The van der Waals surface area contributed by atoms with Gasteiger partial charge in [-0.25, -0.2) is 5.48 Å². The monoisotopic (exact) mass is 147 g/mol. The number of nitrogens with one attached hydrogen (secondary N) is 1. The molecule has 1 atom stereocenters. The Labute approximate surface area is 60.1 Å². The average molecular weight is 147 g/mol. The molecular formula is C6H13NO3. The molecule has 1 unspecified atom stereocenters. The molecule has 0 aliphatic carbocycles. The normalized spacial score (nSPS) is 12.7. The van der Waals surface area contributed by atoms with E-state index < -0.39 is 0 Å². The van der Waals surface area contributed by atoms with Gasteiger partial charge in [0.15, 0.2) is 0 Å². The van der Waals surface area contributed by atoms with Crippen LogP contribution >= 0.6 is 0 Å². The largest absolute Gasteiger partial charge is 0.384 e. The number of hydroxylamine groups is 1. The van der Waals surface area contributed by atoms with E-state index in [1.807, 2.05) is 6.92 Å². The summed E-state index contributed by atoms with van der Waals surface area (Å²) in [5, 5.41) is 8.11. The van der Waals surface area contributed by atoms with Gasteiger partial charge < -0.3 is 4.74 Å². The molecule has 0 fully saturated rings. The molecule has 0 aromatic rings. The van der Waals surface area contributed by atoms with Gasteiger partial charge in [-0.1, -0.05) is 6.92 Å². The highest BCUT2D eigenvalue weighted by Gasteiger charge is 2.06. The highest BCUT2D eigenvalue weighted by Crippen LogP contribution is 2.00. The molecule has 0 aromatic carbocycles. The Kier molecular flexibility index (Phi) is 4.88.